The lowest BCUT2D eigenvalue weighted by molar-refractivity contribution is 0.0996. The summed E-state index contributed by atoms with van der Waals surface area (Å²) in [7, 11) is 0. The summed E-state index contributed by atoms with van der Waals surface area (Å²) in [6.07, 6.45) is 3.35. The average Bonchev–Trinajstić information content (AvgIpc) is 2.66. The van der Waals surface area contributed by atoms with Crippen LogP contribution in [0.25, 0.3) is 0 Å². The lowest BCUT2D eigenvalue weighted by Gasteiger charge is -1.96. The number of Topliss-reactive ketones (excluding diaryl/α,β-unsaturated/α-hetero) is 1. The van der Waals surface area contributed by atoms with E-state index >= 15 is 0 Å². The highest BCUT2D eigenvalue weighted by Crippen LogP contribution is 2.22. The first-order valence-corrected chi connectivity index (χ1v) is 5.48. The van der Waals surface area contributed by atoms with Crippen LogP contribution in [0.1, 0.15) is 15.4 Å². The molecule has 0 N–H and O–H groups in total. The van der Waals surface area contributed by atoms with Crippen molar-refractivity contribution in [3.05, 3.63) is 45.6 Å². The van der Waals surface area contributed by atoms with Gasteiger partial charge in [-0.05, 0) is 18.2 Å². The number of carbonyl (C=O) groups is 1. The van der Waals surface area contributed by atoms with E-state index in [0.717, 1.165) is 5.69 Å². The van der Waals surface area contributed by atoms with E-state index in [1.165, 1.54) is 17.7 Å². The van der Waals surface area contributed by atoms with Gasteiger partial charge in [0, 0.05) is 6.20 Å². The van der Waals surface area contributed by atoms with E-state index in [-0.39, 0.29) is 5.78 Å². The number of thiophene rings is 1. The fraction of sp³-hybridized carbons (Fsp3) is 0.100. The molecule has 2 heterocycles. The molecule has 2 aromatic heterocycles. The molecule has 0 amide bonds. The third kappa shape index (κ3) is 2.61. The van der Waals surface area contributed by atoms with Crippen LogP contribution in [0.15, 0.2) is 30.7 Å². The molecule has 76 valence electrons. The quantitative estimate of drug-likeness (QED) is 0.772. The molecule has 5 heteroatoms. The smallest absolute Gasteiger partial charge is 0.178 e. The summed E-state index contributed by atoms with van der Waals surface area (Å²) in [5, 5.41) is 0. The third-order valence-electron chi connectivity index (χ3n) is 1.83. The predicted octanol–water partition coefficient (Wildman–Crippen LogP) is 2.62. The lowest BCUT2D eigenvalue weighted by atomic mass is 10.2. The average molecular weight is 239 g/mol. The van der Waals surface area contributed by atoms with Crippen LogP contribution in [-0.4, -0.2) is 15.8 Å². The molecule has 0 aliphatic rings. The zero-order chi connectivity index (χ0) is 10.7. The highest BCUT2D eigenvalue weighted by Gasteiger charge is 2.09. The molecule has 0 unspecified atom stereocenters. The zero-order valence-electron chi connectivity index (χ0n) is 7.68. The Labute approximate surface area is 95.8 Å². The topological polar surface area (TPSA) is 42.9 Å². The minimum absolute atomic E-state index is 0.0330. The lowest BCUT2D eigenvalue weighted by Crippen LogP contribution is -2.02. The van der Waals surface area contributed by atoms with Crippen molar-refractivity contribution in [3.8, 4) is 0 Å². The molecule has 0 spiro atoms. The minimum atomic E-state index is 0.0330. The zero-order valence-corrected chi connectivity index (χ0v) is 9.26. The molecule has 0 saturated carbocycles. The Balaban J connectivity index is 2.11. The largest absolute Gasteiger partial charge is 0.293 e. The minimum Gasteiger partial charge on any atom is -0.293 e. The fourth-order valence-electron chi connectivity index (χ4n) is 1.14. The second-order valence-corrected chi connectivity index (χ2v) is 4.62. The molecule has 0 fully saturated rings. The molecule has 0 aliphatic heterocycles. The Morgan fingerprint density at radius 3 is 2.87 bits per heavy atom. The van der Waals surface area contributed by atoms with Crippen LogP contribution in [0.5, 0.6) is 0 Å². The summed E-state index contributed by atoms with van der Waals surface area (Å²) in [6.45, 7) is 0. The van der Waals surface area contributed by atoms with E-state index in [4.69, 9.17) is 11.6 Å². The van der Waals surface area contributed by atoms with Crippen LogP contribution in [0.3, 0.4) is 0 Å². The monoisotopic (exact) mass is 238 g/mol. The van der Waals surface area contributed by atoms with Crippen LogP contribution in [0.4, 0.5) is 0 Å². The summed E-state index contributed by atoms with van der Waals surface area (Å²) in [4.78, 5) is 20.2. The Morgan fingerprint density at radius 2 is 2.27 bits per heavy atom. The number of ketones is 1. The van der Waals surface area contributed by atoms with Gasteiger partial charge in [0.25, 0.3) is 0 Å². The van der Waals surface area contributed by atoms with Crippen molar-refractivity contribution >= 4 is 28.7 Å². The summed E-state index contributed by atoms with van der Waals surface area (Å²) in [6, 6.07) is 5.18. The summed E-state index contributed by atoms with van der Waals surface area (Å²) >= 11 is 7.04. The molecule has 0 aliphatic carbocycles. The van der Waals surface area contributed by atoms with Crippen LogP contribution >= 0.6 is 22.9 Å². The standard InChI is InChI=1S/C10H7ClN2OS/c11-10-2-1-9(15-10)8(14)5-7-3-4-12-6-13-7/h1-4,6H,5H2. The number of carbonyl (C=O) groups excluding carboxylic acids is 1. The van der Waals surface area contributed by atoms with Gasteiger partial charge in [-0.3, -0.25) is 4.79 Å². The number of rotatable bonds is 3. The third-order valence-corrected chi connectivity index (χ3v) is 3.11. The molecule has 0 aromatic carbocycles. The van der Waals surface area contributed by atoms with Crippen molar-refractivity contribution in [1.29, 1.82) is 0 Å². The van der Waals surface area contributed by atoms with Gasteiger partial charge in [0.15, 0.2) is 5.78 Å². The second kappa shape index (κ2) is 4.51. The molecular formula is C10H7ClN2OS. The molecule has 0 atom stereocenters. The van der Waals surface area contributed by atoms with Crippen LogP contribution in [0, 0.1) is 0 Å². The maximum atomic E-state index is 11.7. The van der Waals surface area contributed by atoms with E-state index in [1.54, 1.807) is 24.4 Å². The maximum Gasteiger partial charge on any atom is 0.178 e. The van der Waals surface area contributed by atoms with Crippen LogP contribution < -0.4 is 0 Å². The van der Waals surface area contributed by atoms with Crippen molar-refractivity contribution in [1.82, 2.24) is 9.97 Å². The van der Waals surface area contributed by atoms with Crippen molar-refractivity contribution in [2.24, 2.45) is 0 Å². The highest BCUT2D eigenvalue weighted by atomic mass is 35.5. The van der Waals surface area contributed by atoms with Gasteiger partial charge in [0.1, 0.15) is 6.33 Å². The van der Waals surface area contributed by atoms with Gasteiger partial charge in [-0.2, -0.15) is 0 Å². The summed E-state index contributed by atoms with van der Waals surface area (Å²) < 4.78 is 0.626. The second-order valence-electron chi connectivity index (χ2n) is 2.90. The Morgan fingerprint density at radius 1 is 1.40 bits per heavy atom. The van der Waals surface area contributed by atoms with Gasteiger partial charge in [-0.25, -0.2) is 9.97 Å². The molecule has 3 nitrogen and oxygen atoms in total. The number of hydrogen-bond acceptors (Lipinski definition) is 4. The molecule has 15 heavy (non-hydrogen) atoms. The van der Waals surface area contributed by atoms with Gasteiger partial charge in [0.05, 0.1) is 21.3 Å². The first-order valence-electron chi connectivity index (χ1n) is 4.29. The molecule has 0 radical (unpaired) electrons. The Hall–Kier alpha value is -1.26. The van der Waals surface area contributed by atoms with Crippen LogP contribution in [-0.2, 0) is 6.42 Å². The van der Waals surface area contributed by atoms with Crippen molar-refractivity contribution in [2.75, 3.05) is 0 Å². The highest BCUT2D eigenvalue weighted by molar-refractivity contribution is 7.18. The van der Waals surface area contributed by atoms with E-state index < -0.39 is 0 Å². The van der Waals surface area contributed by atoms with E-state index in [1.807, 2.05) is 0 Å². The fourth-order valence-corrected chi connectivity index (χ4v) is 2.12. The molecule has 0 saturated heterocycles. The van der Waals surface area contributed by atoms with Gasteiger partial charge in [-0.15, -0.1) is 11.3 Å². The van der Waals surface area contributed by atoms with Gasteiger partial charge in [0.2, 0.25) is 0 Å². The molecule has 2 aromatic rings. The normalized spacial score (nSPS) is 10.2. The van der Waals surface area contributed by atoms with Crippen molar-refractivity contribution in [2.45, 2.75) is 6.42 Å². The number of nitrogens with zero attached hydrogens (tertiary/aromatic N) is 2. The molecular weight excluding hydrogens is 232 g/mol. The van der Waals surface area contributed by atoms with Gasteiger partial charge < -0.3 is 0 Å². The SMILES string of the molecule is O=C(Cc1ccncn1)c1ccc(Cl)s1. The summed E-state index contributed by atoms with van der Waals surface area (Å²) in [5.41, 5.74) is 0.722. The molecule has 0 bridgehead atoms. The van der Waals surface area contributed by atoms with Gasteiger partial charge >= 0.3 is 0 Å². The first-order chi connectivity index (χ1) is 7.25. The Bertz CT molecular complexity index is 469. The van der Waals surface area contributed by atoms with Crippen LogP contribution in [0.2, 0.25) is 4.34 Å². The number of hydrogen-bond donors (Lipinski definition) is 0. The van der Waals surface area contributed by atoms with E-state index in [9.17, 15) is 4.79 Å². The maximum absolute atomic E-state index is 11.7. The van der Waals surface area contributed by atoms with Crippen molar-refractivity contribution in [3.63, 3.8) is 0 Å². The predicted molar refractivity (Wildman–Crippen MR) is 59.4 cm³/mol. The summed E-state index contributed by atoms with van der Waals surface area (Å²) in [5.74, 6) is 0.0330. The first kappa shape index (κ1) is 10.3. The van der Waals surface area contributed by atoms with Gasteiger partial charge in [-0.1, -0.05) is 11.6 Å². The number of halogens is 1. The van der Waals surface area contributed by atoms with Crippen molar-refractivity contribution < 1.29 is 4.79 Å². The number of aromatic nitrogens is 2. The van der Waals surface area contributed by atoms with E-state index in [2.05, 4.69) is 9.97 Å². The Kier molecular flexibility index (Phi) is 3.08. The van der Waals surface area contributed by atoms with E-state index in [0.29, 0.717) is 15.6 Å². The molecule has 2 rings (SSSR count).